The summed E-state index contributed by atoms with van der Waals surface area (Å²) in [5, 5.41) is 19.4. The zero-order valence-electron chi connectivity index (χ0n) is 13.2. The molecule has 1 atom stereocenters. The van der Waals surface area contributed by atoms with Crippen molar-refractivity contribution in [1.82, 2.24) is 19.9 Å². The molecule has 1 aliphatic heterocycles. The average Bonchev–Trinajstić information content (AvgIpc) is 3.11. The first kappa shape index (κ1) is 16.4. The summed E-state index contributed by atoms with van der Waals surface area (Å²) in [7, 11) is 0. The molecule has 1 aromatic carbocycles. The Labute approximate surface area is 139 Å². The molecule has 1 aromatic heterocycles. The van der Waals surface area contributed by atoms with E-state index in [4.69, 9.17) is 11.6 Å². The maximum absolute atomic E-state index is 13.9. The molecule has 0 aliphatic carbocycles. The van der Waals surface area contributed by atoms with Crippen molar-refractivity contribution in [1.29, 1.82) is 0 Å². The normalized spacial score (nSPS) is 22.2. The van der Waals surface area contributed by atoms with Crippen LogP contribution in [-0.4, -0.2) is 38.1 Å². The van der Waals surface area contributed by atoms with Crippen LogP contribution in [0.15, 0.2) is 24.4 Å². The van der Waals surface area contributed by atoms with Crippen LogP contribution in [0.4, 0.5) is 4.39 Å². The Hall–Kier alpha value is -1.50. The number of hydrogen-bond acceptors (Lipinski definition) is 4. The molecule has 23 heavy (non-hydrogen) atoms. The van der Waals surface area contributed by atoms with Gasteiger partial charge in [-0.05, 0) is 32.4 Å². The molecule has 124 valence electrons. The molecule has 5 nitrogen and oxygen atoms in total. The predicted octanol–water partition coefficient (Wildman–Crippen LogP) is 2.75. The van der Waals surface area contributed by atoms with Gasteiger partial charge in [0.05, 0.1) is 6.20 Å². The van der Waals surface area contributed by atoms with E-state index in [1.165, 1.54) is 6.07 Å². The van der Waals surface area contributed by atoms with Crippen molar-refractivity contribution >= 4 is 11.6 Å². The molecule has 0 spiro atoms. The second-order valence-electron chi connectivity index (χ2n) is 6.37. The Morgan fingerprint density at radius 3 is 2.87 bits per heavy atom. The lowest BCUT2D eigenvalue weighted by Gasteiger charge is -2.21. The van der Waals surface area contributed by atoms with Gasteiger partial charge in [-0.25, -0.2) is 9.07 Å². The average molecular weight is 339 g/mol. The van der Waals surface area contributed by atoms with E-state index >= 15 is 0 Å². The Kier molecular flexibility index (Phi) is 4.40. The third-order valence-corrected chi connectivity index (χ3v) is 4.64. The fraction of sp³-hybridized carbons (Fsp3) is 0.500. The molecule has 3 rings (SSSR count). The number of aliphatic hydroxyl groups is 1. The topological polar surface area (TPSA) is 54.2 Å². The van der Waals surface area contributed by atoms with E-state index in [0.29, 0.717) is 42.3 Å². The monoisotopic (exact) mass is 338 g/mol. The molecule has 1 aliphatic rings. The number of rotatable bonds is 4. The smallest absolute Gasteiger partial charge is 0.129 e. The summed E-state index contributed by atoms with van der Waals surface area (Å²) in [5.41, 5.74) is -0.0252. The minimum Gasteiger partial charge on any atom is -0.382 e. The first-order valence-electron chi connectivity index (χ1n) is 7.69. The fourth-order valence-corrected chi connectivity index (χ4v) is 3.09. The maximum Gasteiger partial charge on any atom is 0.129 e. The van der Waals surface area contributed by atoms with E-state index in [2.05, 4.69) is 10.3 Å². The third-order valence-electron chi connectivity index (χ3n) is 4.29. The summed E-state index contributed by atoms with van der Waals surface area (Å²) in [6, 6.07) is 4.86. The van der Waals surface area contributed by atoms with Crippen LogP contribution in [0.3, 0.4) is 0 Å². The summed E-state index contributed by atoms with van der Waals surface area (Å²) in [4.78, 5) is 1.98. The van der Waals surface area contributed by atoms with Gasteiger partial charge < -0.3 is 5.11 Å². The van der Waals surface area contributed by atoms with Gasteiger partial charge >= 0.3 is 0 Å². The van der Waals surface area contributed by atoms with Crippen LogP contribution in [0, 0.1) is 5.82 Å². The van der Waals surface area contributed by atoms with E-state index < -0.39 is 5.60 Å². The van der Waals surface area contributed by atoms with Crippen molar-refractivity contribution < 1.29 is 9.50 Å². The zero-order chi connectivity index (χ0) is 16.6. The van der Waals surface area contributed by atoms with Crippen molar-refractivity contribution in [3.63, 3.8) is 0 Å². The second-order valence-corrected chi connectivity index (χ2v) is 6.78. The fourth-order valence-electron chi connectivity index (χ4n) is 2.86. The highest BCUT2D eigenvalue weighted by molar-refractivity contribution is 6.31. The Morgan fingerprint density at radius 2 is 2.22 bits per heavy atom. The van der Waals surface area contributed by atoms with Crippen molar-refractivity contribution in [2.24, 2.45) is 0 Å². The predicted molar refractivity (Wildman–Crippen MR) is 85.6 cm³/mol. The van der Waals surface area contributed by atoms with Crippen molar-refractivity contribution in [2.45, 2.75) is 38.5 Å². The summed E-state index contributed by atoms with van der Waals surface area (Å²) < 4.78 is 15.6. The number of likely N-dealkylation sites (tertiary alicyclic amines) is 1. The van der Waals surface area contributed by atoms with Gasteiger partial charge in [0, 0.05) is 36.3 Å². The van der Waals surface area contributed by atoms with Crippen LogP contribution in [-0.2, 0) is 12.1 Å². The summed E-state index contributed by atoms with van der Waals surface area (Å²) in [5.74, 6) is -0.321. The Morgan fingerprint density at radius 1 is 1.43 bits per heavy atom. The van der Waals surface area contributed by atoms with Crippen LogP contribution >= 0.6 is 11.6 Å². The van der Waals surface area contributed by atoms with E-state index in [9.17, 15) is 9.50 Å². The van der Waals surface area contributed by atoms with Gasteiger partial charge in [-0.3, -0.25) is 4.90 Å². The maximum atomic E-state index is 13.9. The van der Waals surface area contributed by atoms with E-state index in [1.54, 1.807) is 23.0 Å². The summed E-state index contributed by atoms with van der Waals surface area (Å²) >= 11 is 6.08. The van der Waals surface area contributed by atoms with Crippen LogP contribution in [0.2, 0.25) is 5.02 Å². The number of hydrogen-bond donors (Lipinski definition) is 1. The van der Waals surface area contributed by atoms with E-state index in [-0.39, 0.29) is 11.9 Å². The largest absolute Gasteiger partial charge is 0.382 e. The van der Waals surface area contributed by atoms with Crippen molar-refractivity contribution in [3.05, 3.63) is 46.5 Å². The minimum absolute atomic E-state index is 0.189. The number of β-amino-alcohol motifs (C(OH)–C–C–N with tert-alkyl or cyclic N) is 1. The summed E-state index contributed by atoms with van der Waals surface area (Å²) in [6.07, 6.45) is 2.32. The summed E-state index contributed by atoms with van der Waals surface area (Å²) in [6.45, 7) is 5.41. The highest BCUT2D eigenvalue weighted by Gasteiger charge is 2.40. The van der Waals surface area contributed by atoms with Crippen LogP contribution in [0.1, 0.15) is 37.6 Å². The van der Waals surface area contributed by atoms with Gasteiger partial charge in [0.2, 0.25) is 0 Å². The van der Waals surface area contributed by atoms with E-state index in [0.717, 1.165) is 0 Å². The second kappa shape index (κ2) is 6.19. The van der Waals surface area contributed by atoms with Gasteiger partial charge in [-0.15, -0.1) is 5.10 Å². The molecular formula is C16H20ClFN4O. The molecule has 0 radical (unpaired) electrons. The van der Waals surface area contributed by atoms with Gasteiger partial charge in [-0.1, -0.05) is 22.9 Å². The first-order chi connectivity index (χ1) is 10.9. The Bertz CT molecular complexity index is 685. The van der Waals surface area contributed by atoms with Crippen LogP contribution in [0.25, 0.3) is 0 Å². The standard InChI is InChI=1S/C16H20ClFN4O/c1-11(2)22-9-15(19-20-22)16(23)6-7-21(10-16)8-12-13(17)4-3-5-14(12)18/h3-5,9,11,23H,6-8,10H2,1-2H3/t16-/m1/s1. The van der Waals surface area contributed by atoms with Crippen molar-refractivity contribution in [3.8, 4) is 0 Å². The Balaban J connectivity index is 1.74. The molecular weight excluding hydrogens is 319 g/mol. The van der Waals surface area contributed by atoms with Gasteiger partial charge in [0.1, 0.15) is 17.1 Å². The van der Waals surface area contributed by atoms with Crippen LogP contribution < -0.4 is 0 Å². The third kappa shape index (κ3) is 3.24. The zero-order valence-corrected chi connectivity index (χ0v) is 14.0. The lowest BCUT2D eigenvalue weighted by Crippen LogP contribution is -2.31. The SMILES string of the molecule is CC(C)n1cc([C@@]2(O)CCN(Cc3c(F)cccc3Cl)C2)nn1. The molecule has 1 fully saturated rings. The van der Waals surface area contributed by atoms with Gasteiger partial charge in [-0.2, -0.15) is 0 Å². The molecule has 0 amide bonds. The number of aromatic nitrogens is 3. The highest BCUT2D eigenvalue weighted by atomic mass is 35.5. The van der Waals surface area contributed by atoms with Crippen molar-refractivity contribution in [2.75, 3.05) is 13.1 Å². The highest BCUT2D eigenvalue weighted by Crippen LogP contribution is 2.32. The molecule has 1 N–H and O–H groups in total. The molecule has 2 heterocycles. The quantitative estimate of drug-likeness (QED) is 0.931. The number of benzene rings is 1. The molecule has 7 heteroatoms. The molecule has 0 bridgehead atoms. The lowest BCUT2D eigenvalue weighted by atomic mass is 10.00. The van der Waals surface area contributed by atoms with Gasteiger partial charge in [0.15, 0.2) is 0 Å². The lowest BCUT2D eigenvalue weighted by molar-refractivity contribution is 0.0407. The number of halogens is 2. The molecule has 0 saturated carbocycles. The van der Waals surface area contributed by atoms with Crippen LogP contribution in [0.5, 0.6) is 0 Å². The van der Waals surface area contributed by atoms with E-state index in [1.807, 2.05) is 18.7 Å². The molecule has 1 saturated heterocycles. The number of nitrogens with zero attached hydrogens (tertiary/aromatic N) is 4. The van der Waals surface area contributed by atoms with Gasteiger partial charge in [0.25, 0.3) is 0 Å². The minimum atomic E-state index is -1.05. The molecule has 2 aromatic rings. The molecule has 0 unspecified atom stereocenters. The first-order valence-corrected chi connectivity index (χ1v) is 8.07.